The van der Waals surface area contributed by atoms with Crippen LogP contribution < -0.4 is 5.32 Å². The topological polar surface area (TPSA) is 46.9 Å². The van der Waals surface area contributed by atoms with Crippen molar-refractivity contribution in [3.63, 3.8) is 0 Å². The van der Waals surface area contributed by atoms with E-state index in [0.29, 0.717) is 36.3 Å². The third kappa shape index (κ3) is 4.14. The van der Waals surface area contributed by atoms with Crippen molar-refractivity contribution in [3.8, 4) is 5.69 Å². The van der Waals surface area contributed by atoms with Gasteiger partial charge in [0, 0.05) is 16.1 Å². The first-order valence-corrected chi connectivity index (χ1v) is 10.8. The largest absolute Gasteiger partial charge is 0.435 e. The summed E-state index contributed by atoms with van der Waals surface area (Å²) in [4.78, 5) is 13.5. The monoisotopic (exact) mass is 433 g/mol. The number of benzene rings is 1. The average Bonchev–Trinajstić information content (AvgIpc) is 3.39. The van der Waals surface area contributed by atoms with Gasteiger partial charge in [0.25, 0.3) is 0 Å². The highest BCUT2D eigenvalue weighted by molar-refractivity contribution is 7.09. The smallest absolute Gasteiger partial charge is 0.351 e. The fraction of sp³-hybridized carbons (Fsp3) is 0.364. The fourth-order valence-corrected chi connectivity index (χ4v) is 4.48. The van der Waals surface area contributed by atoms with Crippen LogP contribution >= 0.6 is 11.3 Å². The van der Waals surface area contributed by atoms with Crippen molar-refractivity contribution in [1.29, 1.82) is 0 Å². The summed E-state index contributed by atoms with van der Waals surface area (Å²) >= 11 is 1.58. The lowest BCUT2D eigenvalue weighted by Gasteiger charge is -2.16. The number of hydrogen-bond donors (Lipinski definition) is 1. The van der Waals surface area contributed by atoms with Gasteiger partial charge in [-0.15, -0.1) is 11.3 Å². The van der Waals surface area contributed by atoms with E-state index in [1.54, 1.807) is 35.6 Å². The molecular weight excluding hydrogens is 411 g/mol. The Morgan fingerprint density at radius 2 is 1.93 bits per heavy atom. The van der Waals surface area contributed by atoms with Crippen LogP contribution in [0.2, 0.25) is 0 Å². The minimum atomic E-state index is -4.46. The zero-order valence-corrected chi connectivity index (χ0v) is 17.3. The quantitative estimate of drug-likeness (QED) is 0.597. The number of rotatable bonds is 5. The van der Waals surface area contributed by atoms with Gasteiger partial charge in [0.2, 0.25) is 5.91 Å². The Kier molecular flexibility index (Phi) is 5.69. The molecule has 8 heteroatoms. The molecule has 0 bridgehead atoms. The molecule has 30 heavy (non-hydrogen) atoms. The summed E-state index contributed by atoms with van der Waals surface area (Å²) in [6.07, 6.45) is -1.86. The summed E-state index contributed by atoms with van der Waals surface area (Å²) in [5.74, 6) is -0.455. The standard InChI is InChI=1S/C22H22F3N3OS/c1-14(21(29)26-13-17-5-4-12-30-17)15-8-10-16(11-9-15)28-19-7-3-2-6-18(19)20(27-28)22(23,24)25/h4-5,8-12,14H,2-3,6-7,13H2,1H3,(H,26,29). The third-order valence-corrected chi connectivity index (χ3v) is 6.37. The molecule has 1 unspecified atom stereocenters. The van der Waals surface area contributed by atoms with Crippen LogP contribution in [-0.4, -0.2) is 15.7 Å². The maximum absolute atomic E-state index is 13.4. The van der Waals surface area contributed by atoms with Gasteiger partial charge in [-0.25, -0.2) is 4.68 Å². The number of carbonyl (C=O) groups is 1. The lowest BCUT2D eigenvalue weighted by atomic mass is 9.95. The molecule has 1 N–H and O–H groups in total. The second-order valence-electron chi connectivity index (χ2n) is 7.50. The number of nitrogens with one attached hydrogen (secondary N) is 1. The number of thiophene rings is 1. The third-order valence-electron chi connectivity index (χ3n) is 5.50. The van der Waals surface area contributed by atoms with Gasteiger partial charge in [-0.2, -0.15) is 18.3 Å². The Balaban J connectivity index is 1.54. The van der Waals surface area contributed by atoms with Crippen LogP contribution in [0.1, 0.15) is 53.1 Å². The van der Waals surface area contributed by atoms with Gasteiger partial charge in [-0.3, -0.25) is 4.79 Å². The molecule has 1 atom stereocenters. The van der Waals surface area contributed by atoms with E-state index in [0.717, 1.165) is 23.3 Å². The highest BCUT2D eigenvalue weighted by Gasteiger charge is 2.39. The first-order chi connectivity index (χ1) is 14.3. The highest BCUT2D eigenvalue weighted by Crippen LogP contribution is 2.36. The lowest BCUT2D eigenvalue weighted by molar-refractivity contribution is -0.142. The molecule has 0 saturated carbocycles. The van der Waals surface area contributed by atoms with E-state index in [1.165, 1.54) is 4.68 Å². The first kappa shape index (κ1) is 20.7. The van der Waals surface area contributed by atoms with Crippen LogP contribution in [-0.2, 0) is 30.4 Å². The van der Waals surface area contributed by atoms with Gasteiger partial charge in [-0.05, 0) is 61.7 Å². The predicted octanol–water partition coefficient (Wildman–Crippen LogP) is 5.25. The van der Waals surface area contributed by atoms with Crippen LogP contribution in [0.5, 0.6) is 0 Å². The van der Waals surface area contributed by atoms with Crippen molar-refractivity contribution in [2.75, 3.05) is 0 Å². The molecule has 2 heterocycles. The van der Waals surface area contributed by atoms with Crippen LogP contribution in [0, 0.1) is 0 Å². The molecule has 0 fully saturated rings. The summed E-state index contributed by atoms with van der Waals surface area (Å²) in [6.45, 7) is 2.30. The summed E-state index contributed by atoms with van der Waals surface area (Å²) in [5.41, 5.74) is 1.57. The zero-order chi connectivity index (χ0) is 21.3. The van der Waals surface area contributed by atoms with Crippen LogP contribution in [0.3, 0.4) is 0 Å². The fourth-order valence-electron chi connectivity index (χ4n) is 3.84. The summed E-state index contributed by atoms with van der Waals surface area (Å²) < 4.78 is 41.7. The van der Waals surface area contributed by atoms with Gasteiger partial charge >= 0.3 is 6.18 Å². The van der Waals surface area contributed by atoms with E-state index in [-0.39, 0.29) is 11.8 Å². The van der Waals surface area contributed by atoms with Crippen molar-refractivity contribution in [2.45, 2.75) is 51.2 Å². The normalized spacial score (nSPS) is 14.9. The van der Waals surface area contributed by atoms with Gasteiger partial charge in [0.15, 0.2) is 5.69 Å². The van der Waals surface area contributed by atoms with Crippen molar-refractivity contribution >= 4 is 17.2 Å². The van der Waals surface area contributed by atoms with Crippen LogP contribution in [0.4, 0.5) is 13.2 Å². The van der Waals surface area contributed by atoms with Crippen LogP contribution in [0.15, 0.2) is 41.8 Å². The maximum atomic E-state index is 13.4. The predicted molar refractivity (Wildman–Crippen MR) is 110 cm³/mol. The molecule has 3 aromatic rings. The van der Waals surface area contributed by atoms with E-state index in [1.807, 2.05) is 24.4 Å². The number of hydrogen-bond acceptors (Lipinski definition) is 3. The lowest BCUT2D eigenvalue weighted by Crippen LogP contribution is -2.27. The maximum Gasteiger partial charge on any atom is 0.435 e. The Bertz CT molecular complexity index is 1020. The Labute approximate surface area is 176 Å². The first-order valence-electron chi connectivity index (χ1n) is 9.93. The summed E-state index contributed by atoms with van der Waals surface area (Å²) in [6, 6.07) is 10.9. The molecule has 1 aromatic carbocycles. The number of fused-ring (bicyclic) bond motifs is 1. The molecule has 0 aliphatic heterocycles. The minimum absolute atomic E-state index is 0.0908. The molecular formula is C22H22F3N3OS. The highest BCUT2D eigenvalue weighted by atomic mass is 32.1. The molecule has 1 aliphatic rings. The molecule has 4 nitrogen and oxygen atoms in total. The van der Waals surface area contributed by atoms with Gasteiger partial charge < -0.3 is 5.32 Å². The van der Waals surface area contributed by atoms with E-state index in [2.05, 4.69) is 10.4 Å². The molecule has 2 aromatic heterocycles. The van der Waals surface area contributed by atoms with E-state index < -0.39 is 11.9 Å². The van der Waals surface area contributed by atoms with Crippen molar-refractivity contribution in [3.05, 3.63) is 69.2 Å². The van der Waals surface area contributed by atoms with Crippen molar-refractivity contribution in [2.24, 2.45) is 0 Å². The Morgan fingerprint density at radius 1 is 1.20 bits per heavy atom. The Hall–Kier alpha value is -2.61. The second-order valence-corrected chi connectivity index (χ2v) is 8.53. The van der Waals surface area contributed by atoms with Gasteiger partial charge in [0.05, 0.1) is 18.2 Å². The molecule has 0 saturated heterocycles. The number of carbonyl (C=O) groups excluding carboxylic acids is 1. The van der Waals surface area contributed by atoms with Gasteiger partial charge in [-0.1, -0.05) is 18.2 Å². The molecule has 0 radical (unpaired) electrons. The van der Waals surface area contributed by atoms with E-state index >= 15 is 0 Å². The van der Waals surface area contributed by atoms with E-state index in [9.17, 15) is 18.0 Å². The number of alkyl halides is 3. The summed E-state index contributed by atoms with van der Waals surface area (Å²) in [5, 5.41) is 8.79. The van der Waals surface area contributed by atoms with E-state index in [4.69, 9.17) is 0 Å². The Morgan fingerprint density at radius 3 is 2.60 bits per heavy atom. The minimum Gasteiger partial charge on any atom is -0.351 e. The molecule has 4 rings (SSSR count). The molecule has 158 valence electrons. The number of amides is 1. The molecule has 0 spiro atoms. The van der Waals surface area contributed by atoms with Crippen molar-refractivity contribution in [1.82, 2.24) is 15.1 Å². The molecule has 1 amide bonds. The number of nitrogens with zero attached hydrogens (tertiary/aromatic N) is 2. The zero-order valence-electron chi connectivity index (χ0n) is 16.5. The second kappa shape index (κ2) is 8.26. The van der Waals surface area contributed by atoms with Crippen LogP contribution in [0.25, 0.3) is 5.69 Å². The summed E-state index contributed by atoms with van der Waals surface area (Å²) in [7, 11) is 0. The molecule has 1 aliphatic carbocycles. The van der Waals surface area contributed by atoms with Gasteiger partial charge in [0.1, 0.15) is 0 Å². The number of halogens is 3. The SMILES string of the molecule is CC(C(=O)NCc1cccs1)c1ccc(-n2nc(C(F)(F)F)c3c2CCCC3)cc1. The average molecular weight is 433 g/mol. The van der Waals surface area contributed by atoms with Crippen molar-refractivity contribution < 1.29 is 18.0 Å². The number of aromatic nitrogens is 2.